The van der Waals surface area contributed by atoms with Crippen LogP contribution < -0.4 is 0 Å². The topological polar surface area (TPSA) is 159 Å². The van der Waals surface area contributed by atoms with Crippen molar-refractivity contribution in [2.75, 3.05) is 28.2 Å². The number of hydrogen-bond acceptors (Lipinski definition) is 14. The average Bonchev–Trinajstić information content (AvgIpc) is 0.753. The molecule has 574 valence electrons. The second kappa shape index (κ2) is 29.1. The molecule has 2 N–H and O–H groups in total. The van der Waals surface area contributed by atoms with Gasteiger partial charge >= 0.3 is 23.9 Å². The van der Waals surface area contributed by atoms with E-state index in [1.54, 1.807) is 0 Å². The number of phenols is 2. The Morgan fingerprint density at radius 1 is 0.340 bits per heavy atom. The number of carbonyl (C=O) groups excluding carboxylic acids is 4. The summed E-state index contributed by atoms with van der Waals surface area (Å²) in [6.07, 6.45) is 3.80. The molecule has 4 aromatic rings. The van der Waals surface area contributed by atoms with Crippen molar-refractivity contribution in [3.05, 3.63) is 129 Å². The van der Waals surface area contributed by atoms with Gasteiger partial charge in [0.05, 0.1) is 0 Å². The maximum Gasteiger partial charge on any atom is 0.328 e. The van der Waals surface area contributed by atoms with E-state index in [0.29, 0.717) is 56.9 Å². The van der Waals surface area contributed by atoms with E-state index in [-0.39, 0.29) is 98.1 Å². The van der Waals surface area contributed by atoms with Crippen LogP contribution in [0.4, 0.5) is 0 Å². The highest BCUT2D eigenvalue weighted by Crippen LogP contribution is 2.49. The lowest BCUT2D eigenvalue weighted by Crippen LogP contribution is -2.62. The van der Waals surface area contributed by atoms with Crippen molar-refractivity contribution in [1.82, 2.24) is 19.6 Å². The Kier molecular flexibility index (Phi) is 23.8. The van der Waals surface area contributed by atoms with Gasteiger partial charge in [0.25, 0.3) is 0 Å². The monoisotopic (exact) mass is 1420 g/mol. The zero-order valence-electron chi connectivity index (χ0n) is 70.1. The molecule has 8 rings (SSSR count). The van der Waals surface area contributed by atoms with Crippen molar-refractivity contribution in [2.45, 2.75) is 360 Å². The van der Waals surface area contributed by atoms with E-state index >= 15 is 19.2 Å². The van der Waals surface area contributed by atoms with E-state index in [4.69, 9.17) is 18.9 Å². The van der Waals surface area contributed by atoms with Gasteiger partial charge in [0, 0.05) is 102 Å². The highest BCUT2D eigenvalue weighted by molar-refractivity contribution is 6.07. The zero-order valence-corrected chi connectivity index (χ0v) is 70.1. The largest absolute Gasteiger partial charge is 0.507 e. The molecule has 4 aliphatic rings. The summed E-state index contributed by atoms with van der Waals surface area (Å²) in [6.45, 7) is 59.7. The molecule has 0 aliphatic carbocycles. The SMILES string of the molecule is CN1C(C)(C)CC(OC(=O)C(Cc2cc(C(C)(C)C)c(O)c(C(C)(C)C)c2)(C(=O)OC2CC(C)(C)N(C)C(C)(C)C2)c2ccccc2)CC1(C)C.CN1C(C)(C)CC(OC(=O)C(Cc2ccccc2)(Cc2cc(C(C)(C)C)c(O)c(C(C)(C)C)c2)C(=O)OC2CC(C)(C)N(C)C(C)(C)C2)CC1(C)C. The van der Waals surface area contributed by atoms with Crippen molar-refractivity contribution in [3.8, 4) is 11.5 Å². The maximum absolute atomic E-state index is 15.3. The van der Waals surface area contributed by atoms with Crippen molar-refractivity contribution >= 4 is 23.9 Å². The number of rotatable bonds is 15. The van der Waals surface area contributed by atoms with E-state index in [2.05, 4.69) is 242 Å². The summed E-state index contributed by atoms with van der Waals surface area (Å²) >= 11 is 0. The Labute approximate surface area is 623 Å². The minimum atomic E-state index is -1.79. The van der Waals surface area contributed by atoms with Gasteiger partial charge in [-0.25, -0.2) is 0 Å². The second-order valence-electron chi connectivity index (χ2n) is 40.9. The first kappa shape index (κ1) is 84.5. The van der Waals surface area contributed by atoms with Gasteiger partial charge in [-0.3, -0.25) is 38.8 Å². The Balaban J connectivity index is 0.000000288. The number of aromatic hydroxyl groups is 2. The van der Waals surface area contributed by atoms with Crippen molar-refractivity contribution in [1.29, 1.82) is 0 Å². The average molecular weight is 1420 g/mol. The van der Waals surface area contributed by atoms with Gasteiger partial charge in [0.15, 0.2) is 10.8 Å². The van der Waals surface area contributed by atoms with Gasteiger partial charge in [0.2, 0.25) is 0 Å². The van der Waals surface area contributed by atoms with Crippen LogP contribution in [0.25, 0.3) is 0 Å². The van der Waals surface area contributed by atoms with Gasteiger partial charge in [-0.2, -0.15) is 0 Å². The van der Waals surface area contributed by atoms with Crippen molar-refractivity contribution < 1.29 is 48.3 Å². The van der Waals surface area contributed by atoms with E-state index in [1.807, 2.05) is 84.9 Å². The highest BCUT2D eigenvalue weighted by atomic mass is 16.6. The van der Waals surface area contributed by atoms with E-state index in [0.717, 1.165) is 38.9 Å². The number of piperidine rings is 4. The molecule has 0 spiro atoms. The number of carbonyl (C=O) groups is 4. The summed E-state index contributed by atoms with van der Waals surface area (Å²) in [6, 6.07) is 27.0. The third-order valence-electron chi connectivity index (χ3n) is 24.8. The normalized spacial score (nSPS) is 21.6. The summed E-state index contributed by atoms with van der Waals surface area (Å²) in [7, 11) is 8.51. The summed E-state index contributed by atoms with van der Waals surface area (Å²) in [4.78, 5) is 70.5. The molecule has 4 aromatic carbocycles. The van der Waals surface area contributed by atoms with Gasteiger partial charge in [-0.05, 0) is 218 Å². The first-order valence-corrected chi connectivity index (χ1v) is 38.2. The minimum Gasteiger partial charge on any atom is -0.507 e. The molecule has 0 unspecified atom stereocenters. The molecule has 14 nitrogen and oxygen atoms in total. The number of nitrogens with zero attached hydrogens (tertiary/aromatic N) is 4. The molecule has 4 saturated heterocycles. The van der Waals surface area contributed by atoms with Gasteiger partial charge in [-0.15, -0.1) is 0 Å². The lowest BCUT2D eigenvalue weighted by Gasteiger charge is -2.53. The maximum atomic E-state index is 15.3. The molecule has 0 radical (unpaired) electrons. The zero-order chi connectivity index (χ0) is 78.2. The van der Waals surface area contributed by atoms with Crippen LogP contribution in [0.2, 0.25) is 0 Å². The number of esters is 4. The van der Waals surface area contributed by atoms with E-state index < -0.39 is 57.7 Å². The van der Waals surface area contributed by atoms with E-state index in [1.165, 1.54) is 0 Å². The van der Waals surface area contributed by atoms with Gasteiger partial charge in [0.1, 0.15) is 35.9 Å². The second-order valence-corrected chi connectivity index (χ2v) is 40.9. The van der Waals surface area contributed by atoms with Crippen LogP contribution in [-0.2, 0) is 84.5 Å². The smallest absolute Gasteiger partial charge is 0.328 e. The Morgan fingerprint density at radius 2 is 0.553 bits per heavy atom. The summed E-state index contributed by atoms with van der Waals surface area (Å²) < 4.78 is 26.5. The fourth-order valence-electron chi connectivity index (χ4n) is 17.7. The van der Waals surface area contributed by atoms with Gasteiger partial charge in [-0.1, -0.05) is 168 Å². The fourth-order valence-corrected chi connectivity index (χ4v) is 17.7. The summed E-state index contributed by atoms with van der Waals surface area (Å²) in [5, 5.41) is 23.2. The van der Waals surface area contributed by atoms with Crippen molar-refractivity contribution in [3.63, 3.8) is 0 Å². The first-order chi connectivity index (χ1) is 46.6. The molecule has 4 fully saturated rings. The molecule has 0 saturated carbocycles. The molecule has 4 heterocycles. The third-order valence-corrected chi connectivity index (χ3v) is 24.8. The van der Waals surface area contributed by atoms with Crippen LogP contribution in [0.5, 0.6) is 11.5 Å². The first-order valence-electron chi connectivity index (χ1n) is 38.2. The standard InChI is InChI=1S/C45H70N2O5.C44H68N2O5/c1-39(2,3)34-22-31(23-35(36(34)48)40(4,5)6)25-45(24-30-20-18-17-19-21-30,37(49)51-32-26-41(7,8)46(15)42(9,10)27-32)38(50)52-33-28-43(11,12)47(16)44(13,14)29-33;1-38(2,3)33-22-29(23-34(35(33)47)39(4,5)6)24-44(30-20-18-17-19-21-30,36(48)50-31-25-40(7,8)45(15)41(9,10)26-31)37(49)51-32-27-42(11,12)46(16)43(13,14)28-32/h17-23,32-33,48H,24-29H2,1-16H3;17-23,31-32,47H,24-28H2,1-16H3. The number of benzene rings is 4. The predicted molar refractivity (Wildman–Crippen MR) is 419 cm³/mol. The molecule has 0 atom stereocenters. The molecule has 0 amide bonds. The Bertz CT molecular complexity index is 3430. The van der Waals surface area contributed by atoms with Crippen LogP contribution >= 0.6 is 0 Å². The number of likely N-dealkylation sites (tertiary alicyclic amines) is 4. The molecular weight excluding hydrogens is 1280 g/mol. The van der Waals surface area contributed by atoms with Crippen LogP contribution in [0, 0.1) is 5.41 Å². The molecule has 0 bridgehead atoms. The molecule has 103 heavy (non-hydrogen) atoms. The van der Waals surface area contributed by atoms with Crippen LogP contribution in [0.1, 0.15) is 290 Å². The van der Waals surface area contributed by atoms with E-state index in [9.17, 15) is 10.2 Å². The predicted octanol–water partition coefficient (Wildman–Crippen LogP) is 18.0. The number of phenolic OH excluding ortho intramolecular Hbond substituents is 2. The fraction of sp³-hybridized carbons (Fsp3) is 0.685. The molecule has 0 aromatic heterocycles. The van der Waals surface area contributed by atoms with Crippen molar-refractivity contribution in [2.24, 2.45) is 5.41 Å². The molecule has 4 aliphatic heterocycles. The third kappa shape index (κ3) is 18.4. The minimum absolute atomic E-state index is 0.0277. The highest BCUT2D eigenvalue weighted by Gasteiger charge is 2.58. The van der Waals surface area contributed by atoms with Crippen LogP contribution in [0.15, 0.2) is 84.9 Å². The summed E-state index contributed by atoms with van der Waals surface area (Å²) in [5.41, 5.74) is -0.777. The Morgan fingerprint density at radius 3 is 0.796 bits per heavy atom. The lowest BCUT2D eigenvalue weighted by atomic mass is 9.72. The number of ether oxygens (including phenoxy) is 4. The van der Waals surface area contributed by atoms with Crippen LogP contribution in [0.3, 0.4) is 0 Å². The quantitative estimate of drug-likeness (QED) is 0.0658. The van der Waals surface area contributed by atoms with Crippen LogP contribution in [-0.4, -0.2) is 151 Å². The van der Waals surface area contributed by atoms with Gasteiger partial charge < -0.3 is 29.2 Å². The molecular formula is C89H138N4O10. The molecule has 14 heteroatoms. The Hall–Kier alpha value is -5.80. The lowest BCUT2D eigenvalue weighted by molar-refractivity contribution is -0.188. The summed E-state index contributed by atoms with van der Waals surface area (Å²) in [5.74, 6) is -1.76. The number of hydrogen-bond donors (Lipinski definition) is 2.